The van der Waals surface area contributed by atoms with Crippen LogP contribution in [0.4, 0.5) is 0 Å². The maximum atomic E-state index is 3.44. The van der Waals surface area contributed by atoms with Gasteiger partial charge in [-0.2, -0.15) is 0 Å². The predicted octanol–water partition coefficient (Wildman–Crippen LogP) is 3.28. The van der Waals surface area contributed by atoms with Crippen LogP contribution in [0.15, 0.2) is 0 Å². The number of nitrogens with zero attached hydrogens (tertiary/aromatic N) is 1. The Morgan fingerprint density at radius 3 is 2.41 bits per heavy atom. The summed E-state index contributed by atoms with van der Waals surface area (Å²) in [6.45, 7) is 7.37. The van der Waals surface area contributed by atoms with Crippen molar-refractivity contribution in [2.45, 2.75) is 58.3 Å². The van der Waals surface area contributed by atoms with E-state index in [0.717, 1.165) is 5.92 Å². The normalized spacial score (nSPS) is 17.8. The van der Waals surface area contributed by atoms with E-state index in [9.17, 15) is 0 Å². The first-order chi connectivity index (χ1) is 8.33. The lowest BCUT2D eigenvalue weighted by molar-refractivity contribution is 0.267. The molecule has 1 saturated heterocycles. The van der Waals surface area contributed by atoms with Crippen LogP contribution in [-0.4, -0.2) is 38.1 Å². The smallest absolute Gasteiger partial charge is 0.00191 e. The van der Waals surface area contributed by atoms with Crippen LogP contribution in [0.25, 0.3) is 0 Å². The molecule has 17 heavy (non-hydrogen) atoms. The molecule has 0 unspecified atom stereocenters. The zero-order chi connectivity index (χ0) is 12.3. The van der Waals surface area contributed by atoms with Crippen LogP contribution in [0.1, 0.15) is 58.3 Å². The van der Waals surface area contributed by atoms with Crippen LogP contribution in [0, 0.1) is 5.92 Å². The van der Waals surface area contributed by atoms with Crippen molar-refractivity contribution < 1.29 is 0 Å². The van der Waals surface area contributed by atoms with Gasteiger partial charge in [-0.3, -0.25) is 0 Å². The SMILES string of the molecule is CCCCCCCN(C)CCC1CCNCC1. The maximum absolute atomic E-state index is 3.44. The first kappa shape index (κ1) is 15.0. The van der Waals surface area contributed by atoms with Crippen LogP contribution in [-0.2, 0) is 0 Å². The first-order valence-corrected chi connectivity index (χ1v) is 7.72. The highest BCUT2D eigenvalue weighted by Crippen LogP contribution is 2.16. The van der Waals surface area contributed by atoms with Crippen molar-refractivity contribution in [1.29, 1.82) is 0 Å². The van der Waals surface area contributed by atoms with Gasteiger partial charge in [-0.25, -0.2) is 0 Å². The largest absolute Gasteiger partial charge is 0.317 e. The molecule has 0 bridgehead atoms. The Morgan fingerprint density at radius 2 is 1.71 bits per heavy atom. The molecular formula is C15H32N2. The van der Waals surface area contributed by atoms with E-state index in [2.05, 4.69) is 24.2 Å². The van der Waals surface area contributed by atoms with Crippen molar-refractivity contribution in [3.8, 4) is 0 Å². The van der Waals surface area contributed by atoms with E-state index in [1.165, 1.54) is 77.5 Å². The summed E-state index contributed by atoms with van der Waals surface area (Å²) >= 11 is 0. The lowest BCUT2D eigenvalue weighted by Crippen LogP contribution is -2.30. The highest BCUT2D eigenvalue weighted by Gasteiger charge is 2.13. The quantitative estimate of drug-likeness (QED) is 0.622. The second-order valence-electron chi connectivity index (χ2n) is 5.70. The highest BCUT2D eigenvalue weighted by atomic mass is 15.1. The monoisotopic (exact) mass is 240 g/mol. The molecule has 1 fully saturated rings. The van der Waals surface area contributed by atoms with Crippen LogP contribution >= 0.6 is 0 Å². The minimum absolute atomic E-state index is 0.985. The van der Waals surface area contributed by atoms with Crippen molar-refractivity contribution in [3.05, 3.63) is 0 Å². The zero-order valence-electron chi connectivity index (χ0n) is 12.0. The summed E-state index contributed by atoms with van der Waals surface area (Å²) < 4.78 is 0. The molecule has 1 N–H and O–H groups in total. The second kappa shape index (κ2) is 9.90. The third kappa shape index (κ3) is 7.77. The van der Waals surface area contributed by atoms with Crippen LogP contribution in [0.2, 0.25) is 0 Å². The second-order valence-corrected chi connectivity index (χ2v) is 5.70. The van der Waals surface area contributed by atoms with Gasteiger partial charge in [-0.05, 0) is 64.8 Å². The highest BCUT2D eigenvalue weighted by molar-refractivity contribution is 4.69. The fourth-order valence-corrected chi connectivity index (χ4v) is 2.67. The van der Waals surface area contributed by atoms with Crippen LogP contribution < -0.4 is 5.32 Å². The van der Waals surface area contributed by atoms with Gasteiger partial charge in [0.2, 0.25) is 0 Å². The average Bonchev–Trinajstić information content (AvgIpc) is 2.37. The maximum Gasteiger partial charge on any atom is -0.00191 e. The summed E-state index contributed by atoms with van der Waals surface area (Å²) in [5.74, 6) is 0.985. The molecule has 0 saturated carbocycles. The van der Waals surface area contributed by atoms with E-state index in [1.807, 2.05) is 0 Å². The van der Waals surface area contributed by atoms with E-state index in [0.29, 0.717) is 0 Å². The number of hydrogen-bond acceptors (Lipinski definition) is 2. The minimum atomic E-state index is 0.985. The lowest BCUT2D eigenvalue weighted by Gasteiger charge is -2.25. The zero-order valence-corrected chi connectivity index (χ0v) is 12.0. The molecule has 0 atom stereocenters. The topological polar surface area (TPSA) is 15.3 Å². The fraction of sp³-hybridized carbons (Fsp3) is 1.00. The Labute approximate surface area is 108 Å². The number of hydrogen-bond donors (Lipinski definition) is 1. The first-order valence-electron chi connectivity index (χ1n) is 7.72. The molecule has 1 rings (SSSR count). The third-order valence-electron chi connectivity index (χ3n) is 4.02. The van der Waals surface area contributed by atoms with Gasteiger partial charge in [0.15, 0.2) is 0 Å². The van der Waals surface area contributed by atoms with Gasteiger partial charge >= 0.3 is 0 Å². The van der Waals surface area contributed by atoms with Crippen molar-refractivity contribution in [3.63, 3.8) is 0 Å². The summed E-state index contributed by atoms with van der Waals surface area (Å²) in [5, 5.41) is 3.44. The summed E-state index contributed by atoms with van der Waals surface area (Å²) in [7, 11) is 2.29. The number of unbranched alkanes of at least 4 members (excludes halogenated alkanes) is 4. The fourth-order valence-electron chi connectivity index (χ4n) is 2.67. The van der Waals surface area contributed by atoms with E-state index in [1.54, 1.807) is 0 Å². The molecule has 2 heteroatoms. The van der Waals surface area contributed by atoms with Gasteiger partial charge in [0.25, 0.3) is 0 Å². The molecular weight excluding hydrogens is 208 g/mol. The van der Waals surface area contributed by atoms with Crippen molar-refractivity contribution >= 4 is 0 Å². The van der Waals surface area contributed by atoms with E-state index in [4.69, 9.17) is 0 Å². The number of piperidine rings is 1. The number of rotatable bonds is 9. The van der Waals surface area contributed by atoms with Crippen molar-refractivity contribution in [2.24, 2.45) is 5.92 Å². The van der Waals surface area contributed by atoms with E-state index >= 15 is 0 Å². The van der Waals surface area contributed by atoms with Crippen molar-refractivity contribution in [2.75, 3.05) is 33.2 Å². The molecule has 102 valence electrons. The molecule has 1 heterocycles. The average molecular weight is 240 g/mol. The van der Waals surface area contributed by atoms with Crippen molar-refractivity contribution in [1.82, 2.24) is 10.2 Å². The molecule has 0 aromatic heterocycles. The van der Waals surface area contributed by atoms with Gasteiger partial charge in [0, 0.05) is 0 Å². The predicted molar refractivity (Wildman–Crippen MR) is 76.5 cm³/mol. The summed E-state index contributed by atoms with van der Waals surface area (Å²) in [4.78, 5) is 2.54. The molecule has 0 aliphatic carbocycles. The van der Waals surface area contributed by atoms with Crippen LogP contribution in [0.5, 0.6) is 0 Å². The summed E-state index contributed by atoms with van der Waals surface area (Å²) in [6.07, 6.45) is 11.2. The molecule has 0 aromatic rings. The van der Waals surface area contributed by atoms with E-state index in [-0.39, 0.29) is 0 Å². The Bertz CT molecular complexity index is 164. The Morgan fingerprint density at radius 1 is 1.00 bits per heavy atom. The van der Waals surface area contributed by atoms with Gasteiger partial charge in [0.05, 0.1) is 0 Å². The molecule has 0 spiro atoms. The number of nitrogens with one attached hydrogen (secondary N) is 1. The minimum Gasteiger partial charge on any atom is -0.317 e. The lowest BCUT2D eigenvalue weighted by atomic mass is 9.94. The van der Waals surface area contributed by atoms with E-state index < -0.39 is 0 Å². The summed E-state index contributed by atoms with van der Waals surface area (Å²) in [6, 6.07) is 0. The van der Waals surface area contributed by atoms with Gasteiger partial charge in [-0.1, -0.05) is 32.6 Å². The molecule has 0 aromatic carbocycles. The van der Waals surface area contributed by atoms with Crippen LogP contribution in [0.3, 0.4) is 0 Å². The molecule has 0 amide bonds. The molecule has 1 aliphatic rings. The Hall–Kier alpha value is -0.0800. The molecule has 2 nitrogen and oxygen atoms in total. The summed E-state index contributed by atoms with van der Waals surface area (Å²) in [5.41, 5.74) is 0. The Balaban J connectivity index is 1.91. The standard InChI is InChI=1S/C15H32N2/c1-3-4-5-6-7-13-17(2)14-10-15-8-11-16-12-9-15/h15-16H,3-14H2,1-2H3. The third-order valence-corrected chi connectivity index (χ3v) is 4.02. The molecule has 0 radical (unpaired) electrons. The van der Waals surface area contributed by atoms with Gasteiger partial charge < -0.3 is 10.2 Å². The van der Waals surface area contributed by atoms with Gasteiger partial charge in [-0.15, -0.1) is 0 Å². The van der Waals surface area contributed by atoms with Gasteiger partial charge in [0.1, 0.15) is 0 Å². The molecule has 1 aliphatic heterocycles. The Kier molecular flexibility index (Phi) is 8.72.